The maximum Gasteiger partial charge on any atom is 0.277 e. The molecule has 0 fully saturated rings. The molecule has 0 aliphatic heterocycles. The van der Waals surface area contributed by atoms with E-state index >= 15 is 0 Å². The van der Waals surface area contributed by atoms with Crippen LogP contribution in [0.1, 0.15) is 5.56 Å². The lowest BCUT2D eigenvalue weighted by molar-refractivity contribution is -0.123. The molecule has 1 N–H and O–H groups in total. The van der Waals surface area contributed by atoms with Crippen molar-refractivity contribution in [3.05, 3.63) is 60.2 Å². The van der Waals surface area contributed by atoms with Crippen LogP contribution in [0, 0.1) is 0 Å². The predicted molar refractivity (Wildman–Crippen MR) is 80.7 cm³/mol. The number of hydrazone groups is 1. The van der Waals surface area contributed by atoms with E-state index in [0.717, 1.165) is 5.56 Å². The lowest BCUT2D eigenvalue weighted by atomic mass is 10.2. The summed E-state index contributed by atoms with van der Waals surface area (Å²) >= 11 is 0. The van der Waals surface area contributed by atoms with Gasteiger partial charge in [-0.05, 0) is 17.7 Å². The first kappa shape index (κ1) is 14.6. The van der Waals surface area contributed by atoms with Gasteiger partial charge in [0, 0.05) is 0 Å². The van der Waals surface area contributed by atoms with Gasteiger partial charge in [0.25, 0.3) is 5.91 Å². The number of hydrogen-bond donors (Lipinski definition) is 1. The Hall–Kier alpha value is -2.82. The first-order valence-corrected chi connectivity index (χ1v) is 6.42. The van der Waals surface area contributed by atoms with E-state index in [0.29, 0.717) is 11.5 Å². The third-order valence-corrected chi connectivity index (χ3v) is 2.63. The predicted octanol–water partition coefficient (Wildman–Crippen LogP) is 2.22. The number of carbonyl (C=O) groups excluding carboxylic acids is 1. The van der Waals surface area contributed by atoms with Crippen molar-refractivity contribution in [2.75, 3.05) is 13.7 Å². The van der Waals surface area contributed by atoms with Crippen molar-refractivity contribution in [3.63, 3.8) is 0 Å². The Morgan fingerprint density at radius 2 is 1.76 bits per heavy atom. The van der Waals surface area contributed by atoms with E-state index < -0.39 is 0 Å². The smallest absolute Gasteiger partial charge is 0.277 e. The molecule has 0 heterocycles. The highest BCUT2D eigenvalue weighted by molar-refractivity contribution is 5.82. The molecule has 0 aliphatic rings. The molecule has 2 aromatic rings. The highest BCUT2D eigenvalue weighted by atomic mass is 16.5. The lowest BCUT2D eigenvalue weighted by Crippen LogP contribution is -2.24. The highest BCUT2D eigenvalue weighted by Gasteiger charge is 2.05. The van der Waals surface area contributed by atoms with Gasteiger partial charge in [0.1, 0.15) is 0 Å². The van der Waals surface area contributed by atoms with Crippen molar-refractivity contribution in [2.45, 2.75) is 0 Å². The zero-order valence-corrected chi connectivity index (χ0v) is 11.7. The Bertz CT molecular complexity index is 612. The average Bonchev–Trinajstić information content (AvgIpc) is 2.54. The molecule has 1 amide bonds. The summed E-state index contributed by atoms with van der Waals surface area (Å²) < 4.78 is 10.5. The van der Waals surface area contributed by atoms with Gasteiger partial charge in [0.05, 0.1) is 13.3 Å². The molecule has 2 rings (SSSR count). The summed E-state index contributed by atoms with van der Waals surface area (Å²) in [6.45, 7) is -0.132. The van der Waals surface area contributed by atoms with Gasteiger partial charge in [-0.25, -0.2) is 5.43 Å². The van der Waals surface area contributed by atoms with Crippen molar-refractivity contribution in [2.24, 2.45) is 5.10 Å². The molecule has 5 nitrogen and oxygen atoms in total. The molecule has 0 spiro atoms. The van der Waals surface area contributed by atoms with Crippen LogP contribution >= 0.6 is 0 Å². The molecule has 2 aromatic carbocycles. The summed E-state index contributed by atoms with van der Waals surface area (Å²) in [5, 5.41) is 3.86. The number of ether oxygens (including phenoxy) is 2. The molecule has 0 atom stereocenters. The van der Waals surface area contributed by atoms with Crippen LogP contribution in [0.3, 0.4) is 0 Å². The van der Waals surface area contributed by atoms with E-state index in [1.54, 1.807) is 25.5 Å². The van der Waals surface area contributed by atoms with Gasteiger partial charge < -0.3 is 9.47 Å². The molecule has 21 heavy (non-hydrogen) atoms. The number of nitrogens with one attached hydrogen (secondary N) is 1. The van der Waals surface area contributed by atoms with Crippen molar-refractivity contribution in [3.8, 4) is 11.5 Å². The summed E-state index contributed by atoms with van der Waals surface area (Å²) in [5.74, 6) is 0.758. The van der Waals surface area contributed by atoms with E-state index in [2.05, 4.69) is 10.5 Å². The van der Waals surface area contributed by atoms with E-state index in [4.69, 9.17) is 9.47 Å². The average molecular weight is 284 g/mol. The second-order valence-electron chi connectivity index (χ2n) is 4.14. The fourth-order valence-electron chi connectivity index (χ4n) is 1.63. The number of methoxy groups -OCH3 is 1. The number of amides is 1. The van der Waals surface area contributed by atoms with E-state index in [1.807, 2.05) is 42.5 Å². The van der Waals surface area contributed by atoms with Gasteiger partial charge >= 0.3 is 0 Å². The number of nitrogens with zero attached hydrogens (tertiary/aromatic N) is 1. The number of para-hydroxylation sites is 2. The van der Waals surface area contributed by atoms with Crippen LogP contribution in [-0.4, -0.2) is 25.8 Å². The van der Waals surface area contributed by atoms with Gasteiger partial charge in [0.2, 0.25) is 0 Å². The highest BCUT2D eigenvalue weighted by Crippen LogP contribution is 2.25. The quantitative estimate of drug-likeness (QED) is 0.653. The van der Waals surface area contributed by atoms with Crippen LogP contribution in [0.2, 0.25) is 0 Å². The normalized spacial score (nSPS) is 10.3. The van der Waals surface area contributed by atoms with Gasteiger partial charge in [-0.15, -0.1) is 0 Å². The molecule has 0 unspecified atom stereocenters. The maximum atomic E-state index is 11.6. The second kappa shape index (κ2) is 7.69. The Kier molecular flexibility index (Phi) is 5.34. The lowest BCUT2D eigenvalue weighted by Gasteiger charge is -2.09. The van der Waals surface area contributed by atoms with E-state index in [-0.39, 0.29) is 12.5 Å². The summed E-state index contributed by atoms with van der Waals surface area (Å²) in [6, 6.07) is 16.6. The fraction of sp³-hybridized carbons (Fsp3) is 0.125. The summed E-state index contributed by atoms with van der Waals surface area (Å²) in [7, 11) is 1.55. The number of benzene rings is 2. The molecule has 0 aliphatic carbocycles. The maximum absolute atomic E-state index is 11.6. The van der Waals surface area contributed by atoms with Gasteiger partial charge in [-0.2, -0.15) is 5.10 Å². The third-order valence-electron chi connectivity index (χ3n) is 2.63. The van der Waals surface area contributed by atoms with Crippen molar-refractivity contribution in [1.82, 2.24) is 5.43 Å². The largest absolute Gasteiger partial charge is 0.493 e. The van der Waals surface area contributed by atoms with Gasteiger partial charge in [0.15, 0.2) is 18.1 Å². The molecule has 0 radical (unpaired) electrons. The Morgan fingerprint density at radius 1 is 1.10 bits per heavy atom. The van der Waals surface area contributed by atoms with Crippen LogP contribution < -0.4 is 14.9 Å². The SMILES string of the molecule is COc1ccccc1OCC(=O)N/N=C\c1ccccc1. The van der Waals surface area contributed by atoms with Gasteiger partial charge in [-0.1, -0.05) is 42.5 Å². The molecule has 0 bridgehead atoms. The molecule has 0 aromatic heterocycles. The van der Waals surface area contributed by atoms with Crippen molar-refractivity contribution in [1.29, 1.82) is 0 Å². The Morgan fingerprint density at radius 3 is 2.48 bits per heavy atom. The topological polar surface area (TPSA) is 59.9 Å². The van der Waals surface area contributed by atoms with Crippen LogP contribution in [0.4, 0.5) is 0 Å². The minimum absolute atomic E-state index is 0.132. The minimum Gasteiger partial charge on any atom is -0.493 e. The first-order chi connectivity index (χ1) is 10.3. The zero-order chi connectivity index (χ0) is 14.9. The van der Waals surface area contributed by atoms with Crippen LogP contribution in [-0.2, 0) is 4.79 Å². The molecular weight excluding hydrogens is 268 g/mol. The van der Waals surface area contributed by atoms with E-state index in [1.165, 1.54) is 0 Å². The Labute approximate surface area is 123 Å². The third kappa shape index (κ3) is 4.65. The molecule has 5 heteroatoms. The van der Waals surface area contributed by atoms with Crippen LogP contribution in [0.5, 0.6) is 11.5 Å². The Balaban J connectivity index is 1.81. The van der Waals surface area contributed by atoms with Gasteiger partial charge in [-0.3, -0.25) is 4.79 Å². The zero-order valence-electron chi connectivity index (χ0n) is 11.7. The van der Waals surface area contributed by atoms with Crippen LogP contribution in [0.15, 0.2) is 59.7 Å². The summed E-state index contributed by atoms with van der Waals surface area (Å²) in [6.07, 6.45) is 1.57. The molecular formula is C16H16N2O3. The second-order valence-corrected chi connectivity index (χ2v) is 4.14. The monoisotopic (exact) mass is 284 g/mol. The number of hydrogen-bond acceptors (Lipinski definition) is 4. The van der Waals surface area contributed by atoms with E-state index in [9.17, 15) is 4.79 Å². The van der Waals surface area contributed by atoms with Crippen molar-refractivity contribution >= 4 is 12.1 Å². The summed E-state index contributed by atoms with van der Waals surface area (Å²) in [5.41, 5.74) is 3.31. The fourth-order valence-corrected chi connectivity index (χ4v) is 1.63. The standard InChI is InChI=1S/C16H16N2O3/c1-20-14-9-5-6-10-15(14)21-12-16(19)18-17-11-13-7-3-2-4-8-13/h2-11H,12H2,1H3,(H,18,19)/b17-11-. The van der Waals surface area contributed by atoms with Crippen molar-refractivity contribution < 1.29 is 14.3 Å². The molecule has 108 valence electrons. The number of rotatable bonds is 6. The van der Waals surface area contributed by atoms with Crippen LogP contribution in [0.25, 0.3) is 0 Å². The molecule has 0 saturated carbocycles. The minimum atomic E-state index is -0.340. The number of carbonyl (C=O) groups is 1. The molecule has 0 saturated heterocycles. The summed E-state index contributed by atoms with van der Waals surface area (Å²) in [4.78, 5) is 11.6. The first-order valence-electron chi connectivity index (χ1n) is 6.42.